The Hall–Kier alpha value is -2.82. The average Bonchev–Trinajstić information content (AvgIpc) is 2.55. The Labute approximate surface area is 140 Å². The summed E-state index contributed by atoms with van der Waals surface area (Å²) in [5.74, 6) is -2.65. The maximum absolute atomic E-state index is 14.4. The number of nitrogens with two attached hydrogens (primary N) is 1. The van der Waals surface area contributed by atoms with Gasteiger partial charge in [-0.25, -0.2) is 4.39 Å². The van der Waals surface area contributed by atoms with E-state index >= 15 is 0 Å². The third-order valence-corrected chi connectivity index (χ3v) is 3.90. The summed E-state index contributed by atoms with van der Waals surface area (Å²) in [7, 11) is 0. The summed E-state index contributed by atoms with van der Waals surface area (Å²) >= 11 is 6.09. The molecule has 6 nitrogen and oxygen atoms in total. The Morgan fingerprint density at radius 3 is 2.83 bits per heavy atom. The van der Waals surface area contributed by atoms with E-state index < -0.39 is 23.8 Å². The molecule has 1 aliphatic rings. The fourth-order valence-electron chi connectivity index (χ4n) is 2.54. The van der Waals surface area contributed by atoms with Crippen LogP contribution in [0.4, 0.5) is 4.39 Å². The molecule has 0 saturated carbocycles. The lowest BCUT2D eigenvalue weighted by molar-refractivity contribution is 0.231. The van der Waals surface area contributed by atoms with Crippen LogP contribution in [-0.2, 0) is 6.61 Å². The number of aliphatic hydroxyl groups excluding tert-OH is 1. The fourth-order valence-corrected chi connectivity index (χ4v) is 2.81. The van der Waals surface area contributed by atoms with Crippen molar-refractivity contribution in [3.8, 4) is 11.8 Å². The molecule has 1 aromatic heterocycles. The van der Waals surface area contributed by atoms with E-state index in [1.807, 2.05) is 6.07 Å². The molecule has 0 radical (unpaired) electrons. The van der Waals surface area contributed by atoms with E-state index in [1.165, 1.54) is 12.1 Å². The largest absolute Gasteiger partial charge is 0.458 e. The van der Waals surface area contributed by atoms with Gasteiger partial charge in [-0.3, -0.25) is 4.79 Å². The zero-order valence-electron chi connectivity index (χ0n) is 12.0. The summed E-state index contributed by atoms with van der Waals surface area (Å²) < 4.78 is 25.0. The highest BCUT2D eigenvalue weighted by Gasteiger charge is 2.37. The minimum atomic E-state index is -1.16. The number of benzene rings is 1. The van der Waals surface area contributed by atoms with Gasteiger partial charge in [-0.05, 0) is 12.1 Å². The first-order valence-corrected chi connectivity index (χ1v) is 7.15. The van der Waals surface area contributed by atoms with Crippen LogP contribution in [-0.4, -0.2) is 5.11 Å². The molecule has 3 N–H and O–H groups in total. The standard InChI is InChI=1S/C16H10ClFN2O4/c17-9-2-1-3-10(18)13(9)12-8(5-19)16(20)24-14-11(22)4-7(6-21)23-15(12)14/h1-4,12,21H,6,20H2. The summed E-state index contributed by atoms with van der Waals surface area (Å²) in [6.07, 6.45) is 0. The molecule has 0 bridgehead atoms. The van der Waals surface area contributed by atoms with Crippen molar-refractivity contribution in [2.24, 2.45) is 5.73 Å². The molecule has 0 saturated heterocycles. The van der Waals surface area contributed by atoms with E-state index in [0.717, 1.165) is 12.1 Å². The number of ether oxygens (including phenoxy) is 1. The lowest BCUT2D eigenvalue weighted by atomic mass is 9.87. The molecule has 3 rings (SSSR count). The molecule has 0 aliphatic carbocycles. The van der Waals surface area contributed by atoms with Crippen LogP contribution in [0.5, 0.6) is 5.75 Å². The average molecular weight is 349 g/mol. The number of hydrogen-bond donors (Lipinski definition) is 2. The lowest BCUT2D eigenvalue weighted by Crippen LogP contribution is -2.26. The van der Waals surface area contributed by atoms with Crippen LogP contribution >= 0.6 is 11.6 Å². The van der Waals surface area contributed by atoms with Crippen LogP contribution in [0.15, 0.2) is 44.9 Å². The van der Waals surface area contributed by atoms with Gasteiger partial charge in [0.2, 0.25) is 17.1 Å². The molecular formula is C16H10ClFN2O4. The number of nitriles is 1. The van der Waals surface area contributed by atoms with Gasteiger partial charge in [-0.15, -0.1) is 0 Å². The molecule has 1 aliphatic heterocycles. The third kappa shape index (κ3) is 2.42. The van der Waals surface area contributed by atoms with Crippen molar-refractivity contribution >= 4 is 11.6 Å². The van der Waals surface area contributed by atoms with Crippen molar-refractivity contribution in [1.29, 1.82) is 5.26 Å². The van der Waals surface area contributed by atoms with Crippen molar-refractivity contribution in [3.05, 3.63) is 73.9 Å². The number of nitrogens with zero attached hydrogens (tertiary/aromatic N) is 1. The lowest BCUT2D eigenvalue weighted by Gasteiger charge is -2.25. The van der Waals surface area contributed by atoms with Gasteiger partial charge >= 0.3 is 0 Å². The number of hydrogen-bond acceptors (Lipinski definition) is 6. The van der Waals surface area contributed by atoms with Gasteiger partial charge in [0.15, 0.2) is 5.76 Å². The van der Waals surface area contributed by atoms with E-state index in [2.05, 4.69) is 0 Å². The Morgan fingerprint density at radius 2 is 2.21 bits per heavy atom. The SMILES string of the molecule is N#CC1=C(N)Oc2c(oc(CO)cc2=O)C1c1c(F)cccc1Cl. The molecule has 2 heterocycles. The van der Waals surface area contributed by atoms with Gasteiger partial charge in [-0.2, -0.15) is 5.26 Å². The van der Waals surface area contributed by atoms with Gasteiger partial charge in [-0.1, -0.05) is 17.7 Å². The Kier molecular flexibility index (Phi) is 4.01. The van der Waals surface area contributed by atoms with Crippen LogP contribution in [0, 0.1) is 17.1 Å². The maximum atomic E-state index is 14.4. The van der Waals surface area contributed by atoms with E-state index in [9.17, 15) is 19.6 Å². The summed E-state index contributed by atoms with van der Waals surface area (Å²) in [6, 6.07) is 6.87. The second-order valence-corrected chi connectivity index (χ2v) is 5.40. The number of fused-ring (bicyclic) bond motifs is 1. The molecule has 1 atom stereocenters. The number of allylic oxidation sites excluding steroid dienone is 1. The van der Waals surface area contributed by atoms with Crippen molar-refractivity contribution in [1.82, 2.24) is 0 Å². The second kappa shape index (κ2) is 6.00. The first-order valence-electron chi connectivity index (χ1n) is 6.77. The predicted octanol–water partition coefficient (Wildman–Crippen LogP) is 2.14. The van der Waals surface area contributed by atoms with E-state index in [1.54, 1.807) is 0 Å². The Balaban J connectivity index is 2.38. The summed E-state index contributed by atoms with van der Waals surface area (Å²) in [5.41, 5.74) is 4.88. The van der Waals surface area contributed by atoms with Crippen LogP contribution in [0.25, 0.3) is 0 Å². The number of rotatable bonds is 2. The Morgan fingerprint density at radius 1 is 1.46 bits per heavy atom. The highest BCUT2D eigenvalue weighted by molar-refractivity contribution is 6.31. The number of aliphatic hydroxyl groups is 1. The molecular weight excluding hydrogens is 339 g/mol. The molecule has 2 aromatic rings. The zero-order chi connectivity index (χ0) is 17.4. The summed E-state index contributed by atoms with van der Waals surface area (Å²) in [5, 5.41) is 18.7. The number of halogens is 2. The summed E-state index contributed by atoms with van der Waals surface area (Å²) in [4.78, 5) is 12.1. The second-order valence-electron chi connectivity index (χ2n) is 4.99. The fraction of sp³-hybridized carbons (Fsp3) is 0.125. The van der Waals surface area contributed by atoms with E-state index in [4.69, 9.17) is 26.5 Å². The van der Waals surface area contributed by atoms with Crippen LogP contribution in [0.3, 0.4) is 0 Å². The van der Waals surface area contributed by atoms with Gasteiger partial charge in [0.05, 0.1) is 5.92 Å². The molecule has 0 amide bonds. The van der Waals surface area contributed by atoms with Gasteiger partial charge < -0.3 is 20.0 Å². The van der Waals surface area contributed by atoms with Crippen LogP contribution in [0.1, 0.15) is 23.0 Å². The van der Waals surface area contributed by atoms with Gasteiger partial charge in [0.25, 0.3) is 0 Å². The smallest absolute Gasteiger partial charge is 0.228 e. The van der Waals surface area contributed by atoms with Crippen molar-refractivity contribution in [2.75, 3.05) is 0 Å². The minimum absolute atomic E-state index is 0.0328. The normalized spacial score (nSPS) is 16.3. The van der Waals surface area contributed by atoms with Crippen LogP contribution in [0.2, 0.25) is 5.02 Å². The van der Waals surface area contributed by atoms with Gasteiger partial charge in [0, 0.05) is 16.7 Å². The zero-order valence-corrected chi connectivity index (χ0v) is 12.8. The first kappa shape index (κ1) is 16.1. The molecule has 1 aromatic carbocycles. The molecule has 0 spiro atoms. The molecule has 0 fully saturated rings. The minimum Gasteiger partial charge on any atom is -0.458 e. The maximum Gasteiger partial charge on any atom is 0.228 e. The topological polar surface area (TPSA) is 109 Å². The molecule has 1 unspecified atom stereocenters. The monoisotopic (exact) mass is 348 g/mol. The van der Waals surface area contributed by atoms with Crippen molar-refractivity contribution in [2.45, 2.75) is 12.5 Å². The highest BCUT2D eigenvalue weighted by atomic mass is 35.5. The van der Waals surface area contributed by atoms with Crippen molar-refractivity contribution in [3.63, 3.8) is 0 Å². The van der Waals surface area contributed by atoms with E-state index in [-0.39, 0.29) is 39.3 Å². The molecule has 8 heteroatoms. The first-order chi connectivity index (χ1) is 11.5. The molecule has 24 heavy (non-hydrogen) atoms. The van der Waals surface area contributed by atoms with E-state index in [0.29, 0.717) is 0 Å². The highest BCUT2D eigenvalue weighted by Crippen LogP contribution is 2.43. The third-order valence-electron chi connectivity index (χ3n) is 3.57. The Bertz CT molecular complexity index is 941. The summed E-state index contributed by atoms with van der Waals surface area (Å²) in [6.45, 7) is -0.554. The van der Waals surface area contributed by atoms with Crippen molar-refractivity contribution < 1.29 is 18.7 Å². The molecule has 122 valence electrons. The van der Waals surface area contributed by atoms with Gasteiger partial charge in [0.1, 0.15) is 29.8 Å². The van der Waals surface area contributed by atoms with Crippen LogP contribution < -0.4 is 15.9 Å². The quantitative estimate of drug-likeness (QED) is 0.860. The predicted molar refractivity (Wildman–Crippen MR) is 81.6 cm³/mol.